The SMILES string of the molecule is Cn1nccc1[C@H]1CCCN(CC(=O)Nc2ccc(Cl)cn2)C1. The average molecular weight is 334 g/mol. The van der Waals surface area contributed by atoms with Crippen molar-refractivity contribution >= 4 is 23.3 Å². The standard InChI is InChI=1S/C16H20ClN5O/c1-21-14(6-7-19-21)12-3-2-8-22(10-12)11-16(23)20-15-5-4-13(17)9-18-15/h4-7,9,12H,2-3,8,10-11H2,1H3,(H,18,20,23)/t12-/m0/s1. The maximum atomic E-state index is 12.2. The number of piperidine rings is 1. The van der Waals surface area contributed by atoms with Crippen LogP contribution in [0, 0.1) is 0 Å². The molecule has 0 spiro atoms. The quantitative estimate of drug-likeness (QED) is 0.932. The number of carbonyl (C=O) groups is 1. The first kappa shape index (κ1) is 16.0. The zero-order valence-electron chi connectivity index (χ0n) is 13.1. The summed E-state index contributed by atoms with van der Waals surface area (Å²) in [6, 6.07) is 5.48. The number of pyridine rings is 1. The Hall–Kier alpha value is -1.92. The lowest BCUT2D eigenvalue weighted by molar-refractivity contribution is -0.117. The molecule has 0 bridgehead atoms. The van der Waals surface area contributed by atoms with E-state index in [1.165, 1.54) is 11.9 Å². The Kier molecular flexibility index (Phi) is 4.93. The molecule has 1 fully saturated rings. The van der Waals surface area contributed by atoms with Crippen molar-refractivity contribution in [2.45, 2.75) is 18.8 Å². The molecule has 2 aromatic rings. The van der Waals surface area contributed by atoms with Crippen LogP contribution in [-0.2, 0) is 11.8 Å². The van der Waals surface area contributed by atoms with Crippen LogP contribution in [0.15, 0.2) is 30.6 Å². The Morgan fingerprint density at radius 1 is 1.43 bits per heavy atom. The number of anilines is 1. The van der Waals surface area contributed by atoms with Crippen LogP contribution in [0.3, 0.4) is 0 Å². The lowest BCUT2D eigenvalue weighted by atomic mass is 9.94. The van der Waals surface area contributed by atoms with Crippen molar-refractivity contribution in [3.8, 4) is 0 Å². The van der Waals surface area contributed by atoms with Crippen molar-refractivity contribution in [2.75, 3.05) is 25.0 Å². The highest BCUT2D eigenvalue weighted by Crippen LogP contribution is 2.26. The molecule has 0 unspecified atom stereocenters. The molecule has 1 amide bonds. The fraction of sp³-hybridized carbons (Fsp3) is 0.438. The van der Waals surface area contributed by atoms with Gasteiger partial charge in [-0.05, 0) is 37.6 Å². The summed E-state index contributed by atoms with van der Waals surface area (Å²) >= 11 is 5.79. The van der Waals surface area contributed by atoms with Gasteiger partial charge in [0.1, 0.15) is 5.82 Å². The molecule has 3 heterocycles. The third kappa shape index (κ3) is 4.09. The molecule has 1 aliphatic rings. The lowest BCUT2D eigenvalue weighted by Gasteiger charge is -2.32. The second-order valence-electron chi connectivity index (χ2n) is 5.86. The molecule has 0 aromatic carbocycles. The van der Waals surface area contributed by atoms with Crippen LogP contribution < -0.4 is 5.32 Å². The summed E-state index contributed by atoms with van der Waals surface area (Å²) in [4.78, 5) is 18.5. The van der Waals surface area contributed by atoms with Crippen molar-refractivity contribution in [1.29, 1.82) is 0 Å². The van der Waals surface area contributed by atoms with Crippen molar-refractivity contribution in [2.24, 2.45) is 7.05 Å². The number of halogens is 1. The van der Waals surface area contributed by atoms with E-state index in [0.29, 0.717) is 23.3 Å². The molecule has 3 rings (SSSR count). The maximum Gasteiger partial charge on any atom is 0.239 e. The molecule has 122 valence electrons. The van der Waals surface area contributed by atoms with Crippen molar-refractivity contribution in [3.05, 3.63) is 41.3 Å². The zero-order chi connectivity index (χ0) is 16.2. The minimum absolute atomic E-state index is 0.0505. The number of aromatic nitrogens is 3. The molecule has 0 aliphatic carbocycles. The first-order chi connectivity index (χ1) is 11.1. The van der Waals surface area contributed by atoms with Crippen molar-refractivity contribution < 1.29 is 4.79 Å². The Labute approximate surface area is 140 Å². The van der Waals surface area contributed by atoms with Gasteiger partial charge in [0.25, 0.3) is 0 Å². The molecule has 1 saturated heterocycles. The predicted molar refractivity (Wildman–Crippen MR) is 89.5 cm³/mol. The van der Waals surface area contributed by atoms with E-state index in [4.69, 9.17) is 11.6 Å². The Morgan fingerprint density at radius 2 is 2.30 bits per heavy atom. The largest absolute Gasteiger partial charge is 0.310 e. The number of aryl methyl sites for hydroxylation is 1. The van der Waals surface area contributed by atoms with Crippen LogP contribution in [0.5, 0.6) is 0 Å². The minimum atomic E-state index is -0.0505. The van der Waals surface area contributed by atoms with E-state index in [2.05, 4.69) is 26.4 Å². The van der Waals surface area contributed by atoms with E-state index in [0.717, 1.165) is 25.9 Å². The van der Waals surface area contributed by atoms with Gasteiger partial charge < -0.3 is 5.32 Å². The zero-order valence-corrected chi connectivity index (χ0v) is 13.8. The smallest absolute Gasteiger partial charge is 0.239 e. The molecule has 7 heteroatoms. The Morgan fingerprint density at radius 3 is 3.00 bits per heavy atom. The Balaban J connectivity index is 1.56. The van der Waals surface area contributed by atoms with Gasteiger partial charge in [0.15, 0.2) is 0 Å². The molecule has 0 radical (unpaired) electrons. The minimum Gasteiger partial charge on any atom is -0.310 e. The van der Waals surface area contributed by atoms with Gasteiger partial charge in [-0.15, -0.1) is 0 Å². The summed E-state index contributed by atoms with van der Waals surface area (Å²) in [7, 11) is 1.97. The first-order valence-corrected chi connectivity index (χ1v) is 8.11. The summed E-state index contributed by atoms with van der Waals surface area (Å²) in [5.74, 6) is 0.905. The maximum absolute atomic E-state index is 12.2. The number of nitrogens with zero attached hydrogens (tertiary/aromatic N) is 4. The van der Waals surface area contributed by atoms with Gasteiger partial charge in [-0.1, -0.05) is 11.6 Å². The number of nitrogens with one attached hydrogen (secondary N) is 1. The van der Waals surface area contributed by atoms with Gasteiger partial charge in [-0.3, -0.25) is 14.4 Å². The fourth-order valence-electron chi connectivity index (χ4n) is 3.06. The molecule has 1 aliphatic heterocycles. The second-order valence-corrected chi connectivity index (χ2v) is 6.30. The van der Waals surface area contributed by atoms with E-state index in [-0.39, 0.29) is 5.91 Å². The number of hydrogen-bond acceptors (Lipinski definition) is 4. The van der Waals surface area contributed by atoms with Gasteiger partial charge in [0.2, 0.25) is 5.91 Å². The van der Waals surface area contributed by atoms with Crippen molar-refractivity contribution in [3.63, 3.8) is 0 Å². The first-order valence-electron chi connectivity index (χ1n) is 7.73. The second kappa shape index (κ2) is 7.10. The van der Waals surface area contributed by atoms with E-state index in [1.807, 2.05) is 17.9 Å². The third-order valence-corrected chi connectivity index (χ3v) is 4.37. The van der Waals surface area contributed by atoms with Gasteiger partial charge >= 0.3 is 0 Å². The van der Waals surface area contributed by atoms with Crippen LogP contribution in [0.4, 0.5) is 5.82 Å². The molecule has 2 aromatic heterocycles. The number of hydrogen-bond donors (Lipinski definition) is 1. The monoisotopic (exact) mass is 333 g/mol. The van der Waals surface area contributed by atoms with Gasteiger partial charge in [-0.2, -0.15) is 5.10 Å². The van der Waals surface area contributed by atoms with Crippen molar-refractivity contribution in [1.82, 2.24) is 19.7 Å². The summed E-state index contributed by atoms with van der Waals surface area (Å²) in [6.07, 6.45) is 5.57. The summed E-state index contributed by atoms with van der Waals surface area (Å²) in [6.45, 7) is 2.19. The molecule has 1 atom stereocenters. The van der Waals surface area contributed by atoms with Gasteiger partial charge in [0.05, 0.1) is 11.6 Å². The average Bonchev–Trinajstić information content (AvgIpc) is 2.96. The fourth-order valence-corrected chi connectivity index (χ4v) is 3.17. The summed E-state index contributed by atoms with van der Waals surface area (Å²) in [5, 5.41) is 7.60. The molecular weight excluding hydrogens is 314 g/mol. The van der Waals surface area contributed by atoms with Crippen LogP contribution in [-0.4, -0.2) is 45.2 Å². The van der Waals surface area contributed by atoms with Crippen LogP contribution in [0.2, 0.25) is 5.02 Å². The molecule has 6 nitrogen and oxygen atoms in total. The summed E-state index contributed by atoms with van der Waals surface area (Å²) < 4.78 is 1.92. The number of carbonyl (C=O) groups excluding carboxylic acids is 1. The van der Waals surface area contributed by atoms with Gasteiger partial charge in [-0.25, -0.2) is 4.98 Å². The molecule has 0 saturated carbocycles. The van der Waals surface area contributed by atoms with E-state index in [9.17, 15) is 4.79 Å². The lowest BCUT2D eigenvalue weighted by Crippen LogP contribution is -2.40. The van der Waals surface area contributed by atoms with E-state index in [1.54, 1.807) is 12.1 Å². The highest BCUT2D eigenvalue weighted by atomic mass is 35.5. The van der Waals surface area contributed by atoms with E-state index < -0.39 is 0 Å². The highest BCUT2D eigenvalue weighted by molar-refractivity contribution is 6.30. The third-order valence-electron chi connectivity index (χ3n) is 4.14. The molecule has 23 heavy (non-hydrogen) atoms. The van der Waals surface area contributed by atoms with Crippen LogP contribution >= 0.6 is 11.6 Å². The number of rotatable bonds is 4. The van der Waals surface area contributed by atoms with Gasteiger partial charge in [0, 0.05) is 37.6 Å². The van der Waals surface area contributed by atoms with Crippen LogP contribution in [0.1, 0.15) is 24.5 Å². The van der Waals surface area contributed by atoms with E-state index >= 15 is 0 Å². The predicted octanol–water partition coefficient (Wildman–Crippen LogP) is 2.29. The Bertz CT molecular complexity index is 669. The number of amides is 1. The molecular formula is C16H20ClN5O. The highest BCUT2D eigenvalue weighted by Gasteiger charge is 2.24. The molecule has 1 N–H and O–H groups in total. The summed E-state index contributed by atoms with van der Waals surface area (Å²) in [5.41, 5.74) is 1.23. The normalized spacial score (nSPS) is 18.8. The van der Waals surface area contributed by atoms with Crippen LogP contribution in [0.25, 0.3) is 0 Å². The topological polar surface area (TPSA) is 63.1 Å². The number of likely N-dealkylation sites (tertiary alicyclic amines) is 1.